The molecule has 0 radical (unpaired) electrons. The van der Waals surface area contributed by atoms with Crippen LogP contribution < -0.4 is 16.4 Å². The average Bonchev–Trinajstić information content (AvgIpc) is 2.68. The molecular formula is C22H28N4O2. The van der Waals surface area contributed by atoms with Gasteiger partial charge in [-0.15, -0.1) is 0 Å². The summed E-state index contributed by atoms with van der Waals surface area (Å²) < 4.78 is 0. The van der Waals surface area contributed by atoms with E-state index < -0.39 is 5.54 Å². The molecule has 1 aromatic carbocycles. The third kappa shape index (κ3) is 4.75. The van der Waals surface area contributed by atoms with E-state index in [1.165, 1.54) is 0 Å². The van der Waals surface area contributed by atoms with Crippen LogP contribution in [0.25, 0.3) is 0 Å². The Morgan fingerprint density at radius 2 is 1.82 bits per heavy atom. The second kappa shape index (κ2) is 8.52. The Morgan fingerprint density at radius 1 is 1.14 bits per heavy atom. The van der Waals surface area contributed by atoms with Gasteiger partial charge in [0.2, 0.25) is 5.91 Å². The highest BCUT2D eigenvalue weighted by Gasteiger charge is 2.38. The predicted molar refractivity (Wildman–Crippen MR) is 110 cm³/mol. The van der Waals surface area contributed by atoms with E-state index in [1.807, 2.05) is 38.1 Å². The number of nitrogens with two attached hydrogens (primary N) is 1. The monoisotopic (exact) mass is 380 g/mol. The molecule has 2 aromatic rings. The van der Waals surface area contributed by atoms with E-state index in [4.69, 9.17) is 5.73 Å². The Labute approximate surface area is 165 Å². The molecule has 3 atom stereocenters. The minimum atomic E-state index is -0.441. The molecule has 2 amide bonds. The van der Waals surface area contributed by atoms with E-state index in [2.05, 4.69) is 15.6 Å². The fraction of sp³-hybridized carbons (Fsp3) is 0.409. The zero-order valence-electron chi connectivity index (χ0n) is 16.4. The van der Waals surface area contributed by atoms with E-state index in [1.54, 1.807) is 24.5 Å². The van der Waals surface area contributed by atoms with Crippen molar-refractivity contribution in [3.63, 3.8) is 0 Å². The van der Waals surface area contributed by atoms with Gasteiger partial charge < -0.3 is 16.4 Å². The molecule has 4 N–H and O–H groups in total. The van der Waals surface area contributed by atoms with Gasteiger partial charge in [0.25, 0.3) is 5.91 Å². The number of benzene rings is 1. The molecule has 0 aliphatic heterocycles. The molecule has 0 spiro atoms. The molecule has 3 rings (SSSR count). The molecule has 3 unspecified atom stereocenters. The fourth-order valence-corrected chi connectivity index (χ4v) is 3.75. The van der Waals surface area contributed by atoms with E-state index in [-0.39, 0.29) is 23.8 Å². The molecule has 148 valence electrons. The van der Waals surface area contributed by atoms with Gasteiger partial charge in [-0.25, -0.2) is 0 Å². The van der Waals surface area contributed by atoms with Gasteiger partial charge in [-0.05, 0) is 56.5 Å². The summed E-state index contributed by atoms with van der Waals surface area (Å²) in [6, 6.07) is 10.7. The second-order valence-corrected chi connectivity index (χ2v) is 7.85. The topological polar surface area (TPSA) is 97.1 Å². The number of hydrogen-bond acceptors (Lipinski definition) is 4. The Bertz CT molecular complexity index is 818. The molecule has 1 saturated carbocycles. The number of carbonyl (C=O) groups is 2. The van der Waals surface area contributed by atoms with Crippen molar-refractivity contribution in [2.45, 2.75) is 51.1 Å². The maximum Gasteiger partial charge on any atom is 0.255 e. The zero-order valence-corrected chi connectivity index (χ0v) is 16.4. The standard InChI is InChI=1S/C22H28N4O2/c1-15(25-21(28)19-5-3-4-12-22(19,2)23)16-6-8-18(9-7-16)26-20(27)17-10-13-24-14-11-17/h6-11,13-15,19H,3-5,12,23H2,1-2H3,(H,25,28)(H,26,27). The average molecular weight is 380 g/mol. The van der Waals surface area contributed by atoms with Crippen LogP contribution in [0.2, 0.25) is 0 Å². The van der Waals surface area contributed by atoms with Crippen molar-refractivity contribution in [1.82, 2.24) is 10.3 Å². The number of aromatic nitrogens is 1. The Balaban J connectivity index is 1.59. The third-order valence-corrected chi connectivity index (χ3v) is 5.54. The number of rotatable bonds is 5. The smallest absolute Gasteiger partial charge is 0.255 e. The van der Waals surface area contributed by atoms with E-state index in [9.17, 15) is 9.59 Å². The van der Waals surface area contributed by atoms with Crippen molar-refractivity contribution in [2.24, 2.45) is 11.7 Å². The second-order valence-electron chi connectivity index (χ2n) is 7.85. The first kappa shape index (κ1) is 20.0. The first-order chi connectivity index (χ1) is 13.4. The van der Waals surface area contributed by atoms with Crippen molar-refractivity contribution in [1.29, 1.82) is 0 Å². The quantitative estimate of drug-likeness (QED) is 0.740. The minimum absolute atomic E-state index is 0.0206. The number of hydrogen-bond donors (Lipinski definition) is 3. The van der Waals surface area contributed by atoms with Crippen LogP contribution in [0.15, 0.2) is 48.8 Å². The Kier molecular flexibility index (Phi) is 6.09. The summed E-state index contributed by atoms with van der Waals surface area (Å²) >= 11 is 0. The number of nitrogens with zero attached hydrogens (tertiary/aromatic N) is 1. The summed E-state index contributed by atoms with van der Waals surface area (Å²) in [7, 11) is 0. The van der Waals surface area contributed by atoms with Crippen LogP contribution in [0.5, 0.6) is 0 Å². The van der Waals surface area contributed by atoms with Crippen molar-refractivity contribution in [2.75, 3.05) is 5.32 Å². The van der Waals surface area contributed by atoms with Gasteiger partial charge in [-0.3, -0.25) is 14.6 Å². The van der Waals surface area contributed by atoms with Gasteiger partial charge in [-0.1, -0.05) is 25.0 Å². The van der Waals surface area contributed by atoms with Crippen molar-refractivity contribution in [3.05, 3.63) is 59.9 Å². The molecule has 6 heteroatoms. The van der Waals surface area contributed by atoms with Crippen molar-refractivity contribution in [3.8, 4) is 0 Å². The lowest BCUT2D eigenvalue weighted by Crippen LogP contribution is -2.53. The molecule has 28 heavy (non-hydrogen) atoms. The highest BCUT2D eigenvalue weighted by Crippen LogP contribution is 2.32. The van der Waals surface area contributed by atoms with Crippen LogP contribution in [0.4, 0.5) is 5.69 Å². The first-order valence-electron chi connectivity index (χ1n) is 9.77. The van der Waals surface area contributed by atoms with Crippen LogP contribution in [0.3, 0.4) is 0 Å². The third-order valence-electron chi connectivity index (χ3n) is 5.54. The Hall–Kier alpha value is -2.73. The molecule has 0 saturated heterocycles. The van der Waals surface area contributed by atoms with Gasteiger partial charge in [0.15, 0.2) is 0 Å². The van der Waals surface area contributed by atoms with Gasteiger partial charge in [0.05, 0.1) is 12.0 Å². The molecule has 1 aromatic heterocycles. The number of anilines is 1. The lowest BCUT2D eigenvalue weighted by molar-refractivity contribution is -0.128. The highest BCUT2D eigenvalue weighted by molar-refractivity contribution is 6.04. The van der Waals surface area contributed by atoms with Gasteiger partial charge in [-0.2, -0.15) is 0 Å². The molecule has 1 heterocycles. The van der Waals surface area contributed by atoms with Crippen LogP contribution in [-0.4, -0.2) is 22.3 Å². The molecule has 1 aliphatic rings. The van der Waals surface area contributed by atoms with E-state index in [0.717, 1.165) is 31.2 Å². The van der Waals surface area contributed by atoms with Gasteiger partial charge >= 0.3 is 0 Å². The maximum atomic E-state index is 12.7. The van der Waals surface area contributed by atoms with Crippen LogP contribution in [0.1, 0.15) is 61.5 Å². The maximum absolute atomic E-state index is 12.7. The van der Waals surface area contributed by atoms with E-state index in [0.29, 0.717) is 11.3 Å². The fourth-order valence-electron chi connectivity index (χ4n) is 3.75. The van der Waals surface area contributed by atoms with Crippen molar-refractivity contribution >= 4 is 17.5 Å². The molecule has 1 fully saturated rings. The summed E-state index contributed by atoms with van der Waals surface area (Å²) in [5.74, 6) is -0.314. The first-order valence-corrected chi connectivity index (χ1v) is 9.77. The summed E-state index contributed by atoms with van der Waals surface area (Å²) in [6.45, 7) is 3.93. The zero-order chi connectivity index (χ0) is 20.1. The summed E-state index contributed by atoms with van der Waals surface area (Å²) in [5, 5.41) is 5.95. The lowest BCUT2D eigenvalue weighted by atomic mass is 9.74. The molecule has 0 bridgehead atoms. The minimum Gasteiger partial charge on any atom is -0.349 e. The summed E-state index contributed by atoms with van der Waals surface area (Å²) in [5.41, 5.74) is 8.13. The predicted octanol–water partition coefficient (Wildman–Crippen LogP) is 3.42. The lowest BCUT2D eigenvalue weighted by Gasteiger charge is -2.37. The molecule has 1 aliphatic carbocycles. The van der Waals surface area contributed by atoms with Gasteiger partial charge in [0.1, 0.15) is 0 Å². The normalized spacial score (nSPS) is 22.9. The largest absolute Gasteiger partial charge is 0.349 e. The van der Waals surface area contributed by atoms with Crippen LogP contribution >= 0.6 is 0 Å². The van der Waals surface area contributed by atoms with Crippen molar-refractivity contribution < 1.29 is 9.59 Å². The molecular weight excluding hydrogens is 352 g/mol. The summed E-state index contributed by atoms with van der Waals surface area (Å²) in [4.78, 5) is 28.8. The Morgan fingerprint density at radius 3 is 2.46 bits per heavy atom. The number of amides is 2. The van der Waals surface area contributed by atoms with Crippen LogP contribution in [-0.2, 0) is 4.79 Å². The number of carbonyl (C=O) groups excluding carboxylic acids is 2. The highest BCUT2D eigenvalue weighted by atomic mass is 16.2. The SMILES string of the molecule is CC(NC(=O)C1CCCCC1(C)N)c1ccc(NC(=O)c2ccncc2)cc1. The van der Waals surface area contributed by atoms with Crippen LogP contribution in [0, 0.1) is 5.92 Å². The number of nitrogens with one attached hydrogen (secondary N) is 2. The molecule has 6 nitrogen and oxygen atoms in total. The summed E-state index contributed by atoms with van der Waals surface area (Å²) in [6.07, 6.45) is 7.02. The van der Waals surface area contributed by atoms with Gasteiger partial charge in [0, 0.05) is 29.2 Å². The number of pyridine rings is 1. The van der Waals surface area contributed by atoms with E-state index >= 15 is 0 Å².